The fraction of sp³-hybridized carbons (Fsp3) is 0.759. The maximum atomic E-state index is 11.9. The van der Waals surface area contributed by atoms with Crippen molar-refractivity contribution in [2.45, 2.75) is 104 Å². The number of ketones is 1. The second-order valence-electron chi connectivity index (χ2n) is 11.7. The molecule has 178 valence electrons. The zero-order valence-corrected chi connectivity index (χ0v) is 20.6. The maximum Gasteiger partial charge on any atom is 0.133 e. The second kappa shape index (κ2) is 9.58. The van der Waals surface area contributed by atoms with Crippen molar-refractivity contribution in [1.29, 1.82) is 0 Å². The van der Waals surface area contributed by atoms with Crippen molar-refractivity contribution in [1.82, 2.24) is 0 Å². The van der Waals surface area contributed by atoms with E-state index in [1.807, 2.05) is 12.1 Å². The molecule has 32 heavy (non-hydrogen) atoms. The number of hydrogen-bond donors (Lipinski definition) is 2. The van der Waals surface area contributed by atoms with Crippen LogP contribution in [0.1, 0.15) is 95.6 Å². The van der Waals surface area contributed by atoms with Crippen LogP contribution < -0.4 is 5.73 Å². The summed E-state index contributed by atoms with van der Waals surface area (Å²) in [5.41, 5.74) is 8.54. The van der Waals surface area contributed by atoms with Crippen molar-refractivity contribution in [2.75, 3.05) is 0 Å². The van der Waals surface area contributed by atoms with E-state index in [1.165, 1.54) is 56.1 Å². The summed E-state index contributed by atoms with van der Waals surface area (Å²) >= 11 is 0. The number of carbonyl (C=O) groups is 1. The van der Waals surface area contributed by atoms with Crippen molar-refractivity contribution in [3.05, 3.63) is 35.4 Å². The third-order valence-electron chi connectivity index (χ3n) is 10.2. The lowest BCUT2D eigenvalue weighted by molar-refractivity contribution is -0.145. The van der Waals surface area contributed by atoms with Gasteiger partial charge in [-0.15, -0.1) is 0 Å². The molecule has 4 saturated carbocycles. The maximum absolute atomic E-state index is 11.9. The van der Waals surface area contributed by atoms with Crippen LogP contribution in [0, 0.1) is 41.4 Å². The van der Waals surface area contributed by atoms with Gasteiger partial charge in [0.05, 0.1) is 6.10 Å². The van der Waals surface area contributed by atoms with Crippen molar-refractivity contribution in [3.63, 3.8) is 0 Å². The number of aliphatic hydroxyl groups is 1. The molecule has 4 fully saturated rings. The topological polar surface area (TPSA) is 63.3 Å². The number of aryl methyl sites for hydroxylation is 1. The van der Waals surface area contributed by atoms with Gasteiger partial charge in [0.2, 0.25) is 0 Å². The predicted molar refractivity (Wildman–Crippen MR) is 131 cm³/mol. The minimum Gasteiger partial charge on any atom is -0.393 e. The van der Waals surface area contributed by atoms with Gasteiger partial charge in [-0.1, -0.05) is 50.1 Å². The highest BCUT2D eigenvalue weighted by molar-refractivity contribution is 5.79. The van der Waals surface area contributed by atoms with Crippen molar-refractivity contribution < 1.29 is 9.90 Å². The second-order valence-corrected chi connectivity index (χ2v) is 11.7. The Bertz CT molecular complexity index is 806. The molecule has 0 radical (unpaired) electrons. The molecule has 5 rings (SSSR count). The molecule has 3 N–H and O–H groups in total. The first kappa shape index (κ1) is 24.0. The van der Waals surface area contributed by atoms with E-state index in [0.29, 0.717) is 23.7 Å². The molecule has 0 aliphatic heterocycles. The van der Waals surface area contributed by atoms with E-state index in [0.717, 1.165) is 43.4 Å². The Labute approximate surface area is 195 Å². The molecule has 0 bridgehead atoms. The summed E-state index contributed by atoms with van der Waals surface area (Å²) in [5.74, 6) is 3.55. The normalized spacial score (nSPS) is 40.5. The summed E-state index contributed by atoms with van der Waals surface area (Å²) in [6, 6.07) is 8.23. The molecule has 0 heterocycles. The molecule has 0 amide bonds. The summed E-state index contributed by atoms with van der Waals surface area (Å²) in [4.78, 5) is 11.9. The fourth-order valence-electron chi connectivity index (χ4n) is 8.61. The van der Waals surface area contributed by atoms with E-state index in [1.54, 1.807) is 0 Å². The average molecular weight is 440 g/mol. The number of aliphatic hydroxyl groups excluding tert-OH is 1. The van der Waals surface area contributed by atoms with Crippen LogP contribution in [-0.4, -0.2) is 17.0 Å². The highest BCUT2D eigenvalue weighted by atomic mass is 16.3. The number of Topliss-reactive ketones (excluding diaryl/α,β-unsaturated/α-hetero) is 1. The van der Waals surface area contributed by atoms with Crippen LogP contribution in [0.5, 0.6) is 0 Å². The molecular formula is C29H45NO2. The van der Waals surface area contributed by atoms with Gasteiger partial charge in [-0.25, -0.2) is 0 Å². The number of fused-ring (bicyclic) bond motifs is 5. The number of hydrogen-bond acceptors (Lipinski definition) is 3. The standard InChI is InChI=1S/C21H34O2.C8H11N/c1-3-10-21-12-9-17-16(18(21)6-7-19(21)23)5-4-14-13-15(22)8-11-20(14,17)2;1-7-3-2-4-8(5-7)6-9/h14,16-19,23H,3-13H2,1-2H3;2-5H,6,9H2,1H3. The lowest BCUT2D eigenvalue weighted by atomic mass is 9.44. The Kier molecular flexibility index (Phi) is 7.17. The monoisotopic (exact) mass is 439 g/mol. The van der Waals surface area contributed by atoms with Crippen LogP contribution in [0.2, 0.25) is 0 Å². The van der Waals surface area contributed by atoms with E-state index in [-0.39, 0.29) is 11.5 Å². The van der Waals surface area contributed by atoms with Gasteiger partial charge < -0.3 is 10.8 Å². The van der Waals surface area contributed by atoms with E-state index in [4.69, 9.17) is 5.73 Å². The van der Waals surface area contributed by atoms with Crippen LogP contribution in [0.4, 0.5) is 0 Å². The lowest BCUT2D eigenvalue weighted by Gasteiger charge is -2.60. The molecule has 0 saturated heterocycles. The van der Waals surface area contributed by atoms with Gasteiger partial charge >= 0.3 is 0 Å². The Morgan fingerprint density at radius 1 is 1.09 bits per heavy atom. The number of rotatable bonds is 3. The van der Waals surface area contributed by atoms with Crippen LogP contribution in [-0.2, 0) is 11.3 Å². The molecule has 0 aromatic heterocycles. The van der Waals surface area contributed by atoms with Gasteiger partial charge in [0.25, 0.3) is 0 Å². The van der Waals surface area contributed by atoms with Crippen molar-refractivity contribution >= 4 is 5.78 Å². The van der Waals surface area contributed by atoms with Gasteiger partial charge in [-0.05, 0) is 98.4 Å². The minimum atomic E-state index is -0.0492. The average Bonchev–Trinajstić information content (AvgIpc) is 3.11. The first-order chi connectivity index (χ1) is 15.3. The molecule has 4 aliphatic carbocycles. The van der Waals surface area contributed by atoms with E-state index in [2.05, 4.69) is 32.9 Å². The van der Waals surface area contributed by atoms with Gasteiger partial charge in [-0.3, -0.25) is 4.79 Å². The largest absolute Gasteiger partial charge is 0.393 e. The van der Waals surface area contributed by atoms with Crippen molar-refractivity contribution in [3.8, 4) is 0 Å². The van der Waals surface area contributed by atoms with Crippen LogP contribution >= 0.6 is 0 Å². The summed E-state index contributed by atoms with van der Waals surface area (Å²) in [5, 5.41) is 10.8. The quantitative estimate of drug-likeness (QED) is 0.590. The smallest absolute Gasteiger partial charge is 0.133 e. The third-order valence-corrected chi connectivity index (χ3v) is 10.2. The van der Waals surface area contributed by atoms with E-state index >= 15 is 0 Å². The van der Waals surface area contributed by atoms with E-state index in [9.17, 15) is 9.90 Å². The first-order valence-corrected chi connectivity index (χ1v) is 13.3. The molecular weight excluding hydrogens is 394 g/mol. The number of nitrogens with two attached hydrogens (primary N) is 1. The van der Waals surface area contributed by atoms with Crippen LogP contribution in [0.3, 0.4) is 0 Å². The zero-order valence-electron chi connectivity index (χ0n) is 20.6. The van der Waals surface area contributed by atoms with Gasteiger partial charge in [0.15, 0.2) is 0 Å². The minimum absolute atomic E-state index is 0.0492. The molecule has 1 aromatic carbocycles. The van der Waals surface area contributed by atoms with Crippen LogP contribution in [0.15, 0.2) is 24.3 Å². The summed E-state index contributed by atoms with van der Waals surface area (Å²) in [6.07, 6.45) is 12.6. The first-order valence-electron chi connectivity index (χ1n) is 13.3. The fourth-order valence-corrected chi connectivity index (χ4v) is 8.61. The number of carbonyl (C=O) groups excluding carboxylic acids is 1. The van der Waals surface area contributed by atoms with Gasteiger partial charge in [-0.2, -0.15) is 0 Å². The number of benzene rings is 1. The van der Waals surface area contributed by atoms with Crippen LogP contribution in [0.25, 0.3) is 0 Å². The molecule has 3 heteroatoms. The molecule has 3 nitrogen and oxygen atoms in total. The van der Waals surface area contributed by atoms with Crippen molar-refractivity contribution in [2.24, 2.45) is 40.2 Å². The van der Waals surface area contributed by atoms with E-state index < -0.39 is 0 Å². The van der Waals surface area contributed by atoms with Gasteiger partial charge in [0.1, 0.15) is 5.78 Å². The summed E-state index contributed by atoms with van der Waals surface area (Å²) < 4.78 is 0. The lowest BCUT2D eigenvalue weighted by Crippen LogP contribution is -2.54. The molecule has 7 unspecified atom stereocenters. The SMILES string of the molecule is CCCC12CCC3C(CCC4CC(=O)CCC43C)C1CCC2O.Cc1cccc(CN)c1. The Morgan fingerprint density at radius 2 is 1.91 bits per heavy atom. The molecule has 7 atom stereocenters. The summed E-state index contributed by atoms with van der Waals surface area (Å²) in [7, 11) is 0. The molecule has 4 aliphatic rings. The highest BCUT2D eigenvalue weighted by Gasteiger charge is 2.61. The third kappa shape index (κ3) is 4.20. The Morgan fingerprint density at radius 3 is 2.59 bits per heavy atom. The Hall–Kier alpha value is -1.19. The zero-order chi connectivity index (χ0) is 22.9. The molecule has 1 aromatic rings. The summed E-state index contributed by atoms with van der Waals surface area (Å²) in [6.45, 7) is 7.51. The Balaban J connectivity index is 0.000000230. The van der Waals surface area contributed by atoms with Gasteiger partial charge in [0, 0.05) is 19.4 Å². The predicted octanol–water partition coefficient (Wildman–Crippen LogP) is 6.19. The molecule has 0 spiro atoms. The highest BCUT2D eigenvalue weighted by Crippen LogP contribution is 2.67.